The number of hydrogen-bond acceptors (Lipinski definition) is 6. The Morgan fingerprint density at radius 3 is 0.913 bits per heavy atom. The van der Waals surface area contributed by atoms with Crippen molar-refractivity contribution < 1.29 is 28.6 Å². The van der Waals surface area contributed by atoms with Crippen molar-refractivity contribution in [3.8, 4) is 0 Å². The van der Waals surface area contributed by atoms with Gasteiger partial charge in [0.05, 0.1) is 0 Å². The molecule has 0 aromatic heterocycles. The van der Waals surface area contributed by atoms with Crippen LogP contribution in [0.4, 0.5) is 0 Å². The van der Waals surface area contributed by atoms with Crippen LogP contribution in [-0.4, -0.2) is 37.2 Å². The molecule has 0 aliphatic carbocycles. The first kappa shape index (κ1) is 64.8. The summed E-state index contributed by atoms with van der Waals surface area (Å²) in [5.74, 6) is -0.973. The Hall–Kier alpha value is -4.19. The highest BCUT2D eigenvalue weighted by molar-refractivity contribution is 5.71. The lowest BCUT2D eigenvalue weighted by molar-refractivity contribution is -0.167. The first-order valence-electron chi connectivity index (χ1n) is 28.0. The Morgan fingerprint density at radius 2 is 0.565 bits per heavy atom. The van der Waals surface area contributed by atoms with Gasteiger partial charge in [-0.05, 0) is 128 Å². The molecule has 1 unspecified atom stereocenters. The molecule has 0 fully saturated rings. The molecule has 0 saturated heterocycles. The Kier molecular flexibility index (Phi) is 53.0. The van der Waals surface area contributed by atoms with Crippen LogP contribution in [0, 0.1) is 0 Å². The maximum atomic E-state index is 12.9. The second-order valence-corrected chi connectivity index (χ2v) is 18.1. The van der Waals surface area contributed by atoms with Crippen LogP contribution in [0.15, 0.2) is 122 Å². The molecule has 0 saturated carbocycles. The molecule has 390 valence electrons. The van der Waals surface area contributed by atoms with Crippen molar-refractivity contribution in [2.75, 3.05) is 13.2 Å². The summed E-state index contributed by atoms with van der Waals surface area (Å²) in [6.07, 6.45) is 77.5. The number of unbranched alkanes of at least 4 members (excludes halogenated alkanes) is 18. The fraction of sp³-hybridized carbons (Fsp3) is 0.635. The maximum absolute atomic E-state index is 12.9. The van der Waals surface area contributed by atoms with Crippen LogP contribution in [0.3, 0.4) is 0 Å². The Balaban J connectivity index is 4.50. The van der Waals surface area contributed by atoms with Crippen molar-refractivity contribution in [3.05, 3.63) is 122 Å². The first-order valence-corrected chi connectivity index (χ1v) is 28.0. The van der Waals surface area contributed by atoms with Crippen molar-refractivity contribution in [1.82, 2.24) is 0 Å². The maximum Gasteiger partial charge on any atom is 0.306 e. The lowest BCUT2D eigenvalue weighted by Gasteiger charge is -2.18. The van der Waals surface area contributed by atoms with Gasteiger partial charge in [-0.1, -0.05) is 213 Å². The van der Waals surface area contributed by atoms with Gasteiger partial charge in [-0.3, -0.25) is 14.4 Å². The van der Waals surface area contributed by atoms with Gasteiger partial charge < -0.3 is 14.2 Å². The number of carbonyl (C=O) groups excluding carboxylic acids is 3. The quantitative estimate of drug-likeness (QED) is 0.0262. The third-order valence-corrected chi connectivity index (χ3v) is 11.4. The van der Waals surface area contributed by atoms with Gasteiger partial charge in [0.25, 0.3) is 0 Å². The Labute approximate surface area is 424 Å². The molecule has 1 atom stereocenters. The van der Waals surface area contributed by atoms with Crippen LogP contribution in [0.2, 0.25) is 0 Å². The van der Waals surface area contributed by atoms with Crippen LogP contribution in [0.1, 0.15) is 239 Å². The van der Waals surface area contributed by atoms with Gasteiger partial charge in [-0.15, -0.1) is 0 Å². The van der Waals surface area contributed by atoms with Crippen molar-refractivity contribution >= 4 is 17.9 Å². The average Bonchev–Trinajstić information content (AvgIpc) is 3.35. The van der Waals surface area contributed by atoms with Gasteiger partial charge in [0.1, 0.15) is 13.2 Å². The molecule has 0 N–H and O–H groups in total. The summed E-state index contributed by atoms with van der Waals surface area (Å²) in [5, 5.41) is 0. The van der Waals surface area contributed by atoms with Crippen molar-refractivity contribution in [2.24, 2.45) is 0 Å². The zero-order chi connectivity index (χ0) is 50.0. The zero-order valence-electron chi connectivity index (χ0n) is 44.5. The molecule has 0 bridgehead atoms. The van der Waals surface area contributed by atoms with E-state index in [1.165, 1.54) is 64.2 Å². The molecule has 0 aliphatic heterocycles. The number of carbonyl (C=O) groups is 3. The third-order valence-electron chi connectivity index (χ3n) is 11.4. The van der Waals surface area contributed by atoms with Crippen LogP contribution in [-0.2, 0) is 28.6 Å². The normalized spacial score (nSPS) is 13.0. The summed E-state index contributed by atoms with van der Waals surface area (Å²) in [6, 6.07) is 0. The van der Waals surface area contributed by atoms with Crippen molar-refractivity contribution in [2.45, 2.75) is 245 Å². The van der Waals surface area contributed by atoms with E-state index in [2.05, 4.69) is 142 Å². The molecule has 0 aromatic carbocycles. The number of esters is 3. The SMILES string of the molecule is CC/C=C\C/C=C\C/C=C\C/C=C\CCCCC(=O)OCC(COC(=O)CCCCCCCC/C=C\C/C=C\C/C=C\CCCCC)OC(=O)CCCCCCCCC/C=C\C/C=C\C/C=C\CC. The molecule has 6 nitrogen and oxygen atoms in total. The second kappa shape index (κ2) is 56.4. The van der Waals surface area contributed by atoms with E-state index in [-0.39, 0.29) is 31.1 Å². The molecule has 0 amide bonds. The van der Waals surface area contributed by atoms with E-state index in [1.807, 2.05) is 0 Å². The Morgan fingerprint density at radius 1 is 0.304 bits per heavy atom. The van der Waals surface area contributed by atoms with Gasteiger partial charge in [-0.25, -0.2) is 0 Å². The highest BCUT2D eigenvalue weighted by atomic mass is 16.6. The fourth-order valence-corrected chi connectivity index (χ4v) is 7.28. The monoisotopic (exact) mass is 955 g/mol. The standard InChI is InChI=1S/C63H102O6/c1-4-7-10-13-16-19-22-25-28-30-31-33-35-38-41-44-47-50-53-56-62(65)68-59-60(58-67-61(64)55-52-49-46-43-40-37-34-27-24-21-18-15-12-9-6-3)69-63(66)57-54-51-48-45-42-39-36-32-29-26-23-20-17-14-11-8-5-2/h8-9,11-12,16-21,25-29,31,33-34,40,43,60H,4-7,10,13-15,22-24,30,32,35-39,41-42,44-59H2,1-3H3/b11-8-,12-9-,19-16-,20-17-,21-18-,28-25-,29-26-,33-31-,34-27-,43-40-. The summed E-state index contributed by atoms with van der Waals surface area (Å²) >= 11 is 0. The van der Waals surface area contributed by atoms with E-state index < -0.39 is 6.10 Å². The average molecular weight is 956 g/mol. The van der Waals surface area contributed by atoms with E-state index in [0.717, 1.165) is 135 Å². The Bertz CT molecular complexity index is 1470. The molecule has 0 rings (SSSR count). The molecule has 0 radical (unpaired) electrons. The van der Waals surface area contributed by atoms with Crippen LogP contribution < -0.4 is 0 Å². The summed E-state index contributed by atoms with van der Waals surface area (Å²) < 4.78 is 16.8. The summed E-state index contributed by atoms with van der Waals surface area (Å²) in [5.41, 5.74) is 0. The van der Waals surface area contributed by atoms with Crippen molar-refractivity contribution in [1.29, 1.82) is 0 Å². The van der Waals surface area contributed by atoms with Gasteiger partial charge in [-0.2, -0.15) is 0 Å². The molecular weight excluding hydrogens is 853 g/mol. The molecule has 6 heteroatoms. The predicted octanol–water partition coefficient (Wildman–Crippen LogP) is 18.9. The highest BCUT2D eigenvalue weighted by Crippen LogP contribution is 2.14. The van der Waals surface area contributed by atoms with Crippen LogP contribution in [0.25, 0.3) is 0 Å². The minimum Gasteiger partial charge on any atom is -0.462 e. The second-order valence-electron chi connectivity index (χ2n) is 18.1. The summed E-state index contributed by atoms with van der Waals surface area (Å²) in [4.78, 5) is 38.1. The van der Waals surface area contributed by atoms with Crippen LogP contribution in [0.5, 0.6) is 0 Å². The predicted molar refractivity (Wildman–Crippen MR) is 297 cm³/mol. The van der Waals surface area contributed by atoms with E-state index in [1.54, 1.807) is 0 Å². The van der Waals surface area contributed by atoms with E-state index in [0.29, 0.717) is 19.3 Å². The lowest BCUT2D eigenvalue weighted by Crippen LogP contribution is -2.30. The van der Waals surface area contributed by atoms with Gasteiger partial charge in [0.15, 0.2) is 6.10 Å². The van der Waals surface area contributed by atoms with E-state index in [4.69, 9.17) is 14.2 Å². The largest absolute Gasteiger partial charge is 0.462 e. The molecule has 0 spiro atoms. The number of allylic oxidation sites excluding steroid dienone is 20. The fourth-order valence-electron chi connectivity index (χ4n) is 7.28. The van der Waals surface area contributed by atoms with Crippen molar-refractivity contribution in [3.63, 3.8) is 0 Å². The van der Waals surface area contributed by atoms with E-state index >= 15 is 0 Å². The van der Waals surface area contributed by atoms with Gasteiger partial charge in [0, 0.05) is 19.3 Å². The number of hydrogen-bond donors (Lipinski definition) is 0. The molecule has 0 heterocycles. The number of ether oxygens (including phenoxy) is 3. The smallest absolute Gasteiger partial charge is 0.306 e. The highest BCUT2D eigenvalue weighted by Gasteiger charge is 2.19. The summed E-state index contributed by atoms with van der Waals surface area (Å²) in [7, 11) is 0. The topological polar surface area (TPSA) is 78.9 Å². The molecular formula is C63H102O6. The minimum absolute atomic E-state index is 0.105. The van der Waals surface area contributed by atoms with Gasteiger partial charge in [0.2, 0.25) is 0 Å². The summed E-state index contributed by atoms with van der Waals surface area (Å²) in [6.45, 7) is 6.33. The molecule has 69 heavy (non-hydrogen) atoms. The molecule has 0 aliphatic rings. The van der Waals surface area contributed by atoms with E-state index in [9.17, 15) is 14.4 Å². The third kappa shape index (κ3) is 54.6. The zero-order valence-corrected chi connectivity index (χ0v) is 44.5. The minimum atomic E-state index is -0.810. The lowest BCUT2D eigenvalue weighted by atomic mass is 10.1. The van der Waals surface area contributed by atoms with Crippen LogP contribution >= 0.6 is 0 Å². The molecule has 0 aromatic rings. The van der Waals surface area contributed by atoms with Gasteiger partial charge >= 0.3 is 17.9 Å². The first-order chi connectivity index (χ1) is 34.0. The number of rotatable bonds is 49.